The summed E-state index contributed by atoms with van der Waals surface area (Å²) >= 11 is 0. The second-order valence-electron chi connectivity index (χ2n) is 7.63. The first-order valence-corrected chi connectivity index (χ1v) is 12.8. The molecule has 0 aliphatic carbocycles. The minimum atomic E-state index is -1.87. The van der Waals surface area contributed by atoms with Gasteiger partial charge in [0.15, 0.2) is 0 Å². The second-order valence-corrected chi connectivity index (χ2v) is 12.0. The van der Waals surface area contributed by atoms with E-state index in [-0.39, 0.29) is 0 Å². The summed E-state index contributed by atoms with van der Waals surface area (Å²) in [6.07, 6.45) is 1.13. The fourth-order valence-corrected chi connectivity index (χ4v) is 5.16. The summed E-state index contributed by atoms with van der Waals surface area (Å²) in [5.41, 5.74) is 3.02. The number of aliphatic hydroxyl groups excluding tert-OH is 1. The van der Waals surface area contributed by atoms with Crippen LogP contribution in [0.3, 0.4) is 0 Å². The summed E-state index contributed by atoms with van der Waals surface area (Å²) < 4.78 is 10.2. The standard InChI is InChI=1S/C23H31NO4Si/c1-17(25)22(23(26)28-3)21(24-18-11-13-19(27-2)14-12-18)15-16-29(4,5)20-9-7-6-8-10-20/h6-17,21-22,24-25H,1-5H3/b16-15+/t17-,21-,22+/m0/s1. The van der Waals surface area contributed by atoms with E-state index < -0.39 is 32.1 Å². The first-order chi connectivity index (χ1) is 13.8. The predicted molar refractivity (Wildman–Crippen MR) is 120 cm³/mol. The average molecular weight is 414 g/mol. The Hall–Kier alpha value is -2.57. The summed E-state index contributed by atoms with van der Waals surface area (Å²) in [6, 6.07) is 17.4. The molecule has 6 heteroatoms. The molecule has 0 aliphatic rings. The predicted octanol–water partition coefficient (Wildman–Crippen LogP) is 3.36. The first-order valence-electron chi connectivity index (χ1n) is 9.70. The molecule has 0 unspecified atom stereocenters. The van der Waals surface area contributed by atoms with Crippen molar-refractivity contribution in [2.45, 2.75) is 32.2 Å². The minimum absolute atomic E-state index is 0.425. The van der Waals surface area contributed by atoms with Gasteiger partial charge < -0.3 is 19.9 Å². The van der Waals surface area contributed by atoms with Crippen LogP contribution in [0.2, 0.25) is 13.1 Å². The van der Waals surface area contributed by atoms with Crippen molar-refractivity contribution in [3.8, 4) is 5.75 Å². The van der Waals surface area contributed by atoms with Gasteiger partial charge in [-0.1, -0.05) is 60.4 Å². The zero-order chi connectivity index (χ0) is 21.4. The fourth-order valence-electron chi connectivity index (χ4n) is 3.23. The van der Waals surface area contributed by atoms with Gasteiger partial charge in [0.25, 0.3) is 0 Å². The third-order valence-corrected chi connectivity index (χ3v) is 7.89. The Balaban J connectivity index is 2.35. The lowest BCUT2D eigenvalue weighted by molar-refractivity contribution is -0.149. The molecule has 0 aromatic heterocycles. The number of methoxy groups -OCH3 is 2. The van der Waals surface area contributed by atoms with Gasteiger partial charge in [0.1, 0.15) is 19.7 Å². The molecule has 2 aromatic carbocycles. The van der Waals surface area contributed by atoms with Crippen LogP contribution in [0.5, 0.6) is 5.75 Å². The summed E-state index contributed by atoms with van der Waals surface area (Å²) in [4.78, 5) is 12.4. The minimum Gasteiger partial charge on any atom is -0.497 e. The smallest absolute Gasteiger partial charge is 0.313 e. The monoisotopic (exact) mass is 413 g/mol. The molecule has 0 fully saturated rings. The summed E-state index contributed by atoms with van der Waals surface area (Å²) in [6.45, 7) is 6.11. The number of anilines is 1. The number of esters is 1. The van der Waals surface area contributed by atoms with E-state index in [1.54, 1.807) is 14.0 Å². The highest BCUT2D eigenvalue weighted by molar-refractivity contribution is 6.93. The number of aliphatic hydroxyl groups is 1. The molecule has 3 atom stereocenters. The maximum absolute atomic E-state index is 12.4. The number of ether oxygens (including phenoxy) is 2. The largest absolute Gasteiger partial charge is 0.497 e. The van der Waals surface area contributed by atoms with E-state index >= 15 is 0 Å². The van der Waals surface area contributed by atoms with Crippen LogP contribution in [-0.4, -0.2) is 45.5 Å². The molecule has 2 aromatic rings. The highest BCUT2D eigenvalue weighted by Gasteiger charge is 2.33. The van der Waals surface area contributed by atoms with Crippen LogP contribution >= 0.6 is 0 Å². The number of rotatable bonds is 9. The molecule has 0 bridgehead atoms. The van der Waals surface area contributed by atoms with Crippen molar-refractivity contribution < 1.29 is 19.4 Å². The van der Waals surface area contributed by atoms with Crippen LogP contribution < -0.4 is 15.2 Å². The van der Waals surface area contributed by atoms with Crippen LogP contribution in [0.4, 0.5) is 5.69 Å². The van der Waals surface area contributed by atoms with Crippen LogP contribution in [0.25, 0.3) is 0 Å². The molecule has 0 aliphatic heterocycles. The van der Waals surface area contributed by atoms with E-state index in [1.165, 1.54) is 12.3 Å². The topological polar surface area (TPSA) is 67.8 Å². The first kappa shape index (κ1) is 22.7. The number of carbonyl (C=O) groups is 1. The van der Waals surface area contributed by atoms with Crippen molar-refractivity contribution in [3.05, 3.63) is 66.4 Å². The molecular formula is C23H31NO4Si. The molecule has 0 spiro atoms. The van der Waals surface area contributed by atoms with Crippen molar-refractivity contribution in [1.82, 2.24) is 0 Å². The lowest BCUT2D eigenvalue weighted by atomic mass is 9.94. The molecule has 156 valence electrons. The van der Waals surface area contributed by atoms with Crippen molar-refractivity contribution in [2.75, 3.05) is 19.5 Å². The molecule has 0 amide bonds. The maximum atomic E-state index is 12.4. The molecule has 5 nitrogen and oxygen atoms in total. The quantitative estimate of drug-likeness (QED) is 0.487. The van der Waals surface area contributed by atoms with Gasteiger partial charge >= 0.3 is 5.97 Å². The molecule has 0 saturated heterocycles. The van der Waals surface area contributed by atoms with Gasteiger partial charge in [0, 0.05) is 5.69 Å². The van der Waals surface area contributed by atoms with Crippen molar-refractivity contribution in [1.29, 1.82) is 0 Å². The van der Waals surface area contributed by atoms with Gasteiger partial charge in [-0.2, -0.15) is 0 Å². The Kier molecular flexibility index (Phi) is 8.05. The van der Waals surface area contributed by atoms with E-state index in [1.807, 2.05) is 48.5 Å². The third-order valence-electron chi connectivity index (χ3n) is 5.04. The van der Waals surface area contributed by atoms with Crippen molar-refractivity contribution >= 4 is 24.9 Å². The normalized spacial score (nSPS) is 14.8. The summed E-state index contributed by atoms with van der Waals surface area (Å²) in [7, 11) is 1.08. The number of carbonyl (C=O) groups excluding carboxylic acids is 1. The fraction of sp³-hybridized carbons (Fsp3) is 0.348. The lowest BCUT2D eigenvalue weighted by Gasteiger charge is -2.28. The van der Waals surface area contributed by atoms with E-state index in [0.29, 0.717) is 0 Å². The van der Waals surface area contributed by atoms with E-state index in [0.717, 1.165) is 11.4 Å². The SMILES string of the molecule is COC(=O)[C@H]([C@H](C)O)[C@H](/C=C/[Si](C)(C)c1ccccc1)Nc1ccc(OC)cc1. The highest BCUT2D eigenvalue weighted by Crippen LogP contribution is 2.22. The van der Waals surface area contributed by atoms with E-state index in [9.17, 15) is 9.90 Å². The molecule has 2 N–H and O–H groups in total. The van der Waals surface area contributed by atoms with Gasteiger partial charge in [-0.15, -0.1) is 0 Å². The molecule has 0 heterocycles. The van der Waals surface area contributed by atoms with Crippen LogP contribution in [0.1, 0.15) is 6.92 Å². The summed E-state index contributed by atoms with van der Waals surface area (Å²) in [5.74, 6) is -0.436. The molecule has 2 rings (SSSR count). The van der Waals surface area contributed by atoms with Gasteiger partial charge in [-0.25, -0.2) is 0 Å². The van der Waals surface area contributed by atoms with E-state index in [4.69, 9.17) is 9.47 Å². The lowest BCUT2D eigenvalue weighted by Crippen LogP contribution is -2.43. The molecule has 29 heavy (non-hydrogen) atoms. The molecule has 0 radical (unpaired) electrons. The van der Waals surface area contributed by atoms with Gasteiger partial charge in [-0.05, 0) is 31.2 Å². The Morgan fingerprint density at radius 2 is 1.69 bits per heavy atom. The van der Waals surface area contributed by atoms with Crippen LogP contribution in [0, 0.1) is 5.92 Å². The van der Waals surface area contributed by atoms with Crippen molar-refractivity contribution in [2.24, 2.45) is 5.92 Å². The molecular weight excluding hydrogens is 382 g/mol. The zero-order valence-electron chi connectivity index (χ0n) is 17.8. The van der Waals surface area contributed by atoms with Crippen LogP contribution in [-0.2, 0) is 9.53 Å². The highest BCUT2D eigenvalue weighted by atomic mass is 28.3. The summed E-state index contributed by atoms with van der Waals surface area (Å²) in [5, 5.41) is 15.0. The van der Waals surface area contributed by atoms with E-state index in [2.05, 4.69) is 36.2 Å². The van der Waals surface area contributed by atoms with Crippen molar-refractivity contribution in [3.63, 3.8) is 0 Å². The average Bonchev–Trinajstić information content (AvgIpc) is 2.72. The molecule has 0 saturated carbocycles. The van der Waals surface area contributed by atoms with Gasteiger partial charge in [0.05, 0.1) is 26.4 Å². The zero-order valence-corrected chi connectivity index (χ0v) is 18.8. The van der Waals surface area contributed by atoms with Gasteiger partial charge in [-0.3, -0.25) is 4.79 Å². The Morgan fingerprint density at radius 3 is 2.21 bits per heavy atom. The Morgan fingerprint density at radius 1 is 1.07 bits per heavy atom. The number of hydrogen-bond acceptors (Lipinski definition) is 5. The third kappa shape index (κ3) is 6.20. The Bertz CT molecular complexity index is 803. The van der Waals surface area contributed by atoms with Crippen LogP contribution in [0.15, 0.2) is 66.4 Å². The Labute approximate surface area is 174 Å². The second kappa shape index (κ2) is 10.3. The number of nitrogens with one attached hydrogen (secondary N) is 1. The maximum Gasteiger partial charge on any atom is 0.313 e. The van der Waals surface area contributed by atoms with Gasteiger partial charge in [0.2, 0.25) is 0 Å². The number of benzene rings is 2. The number of hydrogen-bond donors (Lipinski definition) is 2.